The van der Waals surface area contributed by atoms with E-state index >= 15 is 0 Å². The summed E-state index contributed by atoms with van der Waals surface area (Å²) in [6.45, 7) is 0.759. The molecule has 0 radical (unpaired) electrons. The first kappa shape index (κ1) is 9.10. The Morgan fingerprint density at radius 3 is 2.57 bits per heavy atom. The lowest BCUT2D eigenvalue weighted by Crippen LogP contribution is -2.21. The average Bonchev–Trinajstić information content (AvgIpc) is 2.65. The number of nitrogens with zero attached hydrogens (tertiary/aromatic N) is 2. The second-order valence-corrected chi connectivity index (χ2v) is 3.97. The molecule has 3 nitrogen and oxygen atoms in total. The molecule has 0 aliphatic carbocycles. The fourth-order valence-corrected chi connectivity index (χ4v) is 2.14. The van der Waals surface area contributed by atoms with Crippen LogP contribution in [0.5, 0.6) is 0 Å². The van der Waals surface area contributed by atoms with Gasteiger partial charge in [-0.25, -0.2) is 0 Å². The van der Waals surface area contributed by atoms with Crippen molar-refractivity contribution in [3.05, 3.63) is 29.8 Å². The van der Waals surface area contributed by atoms with Gasteiger partial charge in [-0.05, 0) is 24.3 Å². The van der Waals surface area contributed by atoms with Crippen LogP contribution in [0.15, 0.2) is 24.3 Å². The third-order valence-corrected chi connectivity index (χ3v) is 2.92. The molecule has 1 aromatic carbocycles. The van der Waals surface area contributed by atoms with Gasteiger partial charge in [-0.1, -0.05) is 11.8 Å². The number of carbonyl (C=O) groups is 1. The van der Waals surface area contributed by atoms with Gasteiger partial charge in [0, 0.05) is 18.0 Å². The van der Waals surface area contributed by atoms with Gasteiger partial charge in [0.15, 0.2) is 0 Å². The van der Waals surface area contributed by atoms with Gasteiger partial charge >= 0.3 is 0 Å². The maximum atomic E-state index is 11.4. The third kappa shape index (κ3) is 1.59. The normalized spacial score (nSPS) is 15.6. The van der Waals surface area contributed by atoms with Gasteiger partial charge < -0.3 is 4.90 Å². The van der Waals surface area contributed by atoms with E-state index in [1.54, 1.807) is 17.0 Å². The molecular weight excluding hydrogens is 196 g/mol. The number of benzene rings is 1. The highest BCUT2D eigenvalue weighted by Crippen LogP contribution is 2.25. The number of carbonyl (C=O) groups excluding carboxylic acids is 1. The quantitative estimate of drug-likeness (QED) is 0.704. The Kier molecular flexibility index (Phi) is 2.42. The van der Waals surface area contributed by atoms with Crippen LogP contribution < -0.4 is 4.90 Å². The summed E-state index contributed by atoms with van der Waals surface area (Å²) >= 11 is 1.33. The zero-order valence-corrected chi connectivity index (χ0v) is 8.25. The van der Waals surface area contributed by atoms with Crippen molar-refractivity contribution in [2.45, 2.75) is 0 Å². The van der Waals surface area contributed by atoms with Crippen molar-refractivity contribution in [1.82, 2.24) is 0 Å². The van der Waals surface area contributed by atoms with E-state index in [1.807, 2.05) is 18.2 Å². The van der Waals surface area contributed by atoms with E-state index in [4.69, 9.17) is 5.26 Å². The zero-order valence-electron chi connectivity index (χ0n) is 7.43. The number of amides is 1. The second kappa shape index (κ2) is 3.72. The number of thioether (sulfide) groups is 1. The molecule has 1 aliphatic rings. The Balaban J connectivity index is 2.25. The molecule has 0 bridgehead atoms. The summed E-state index contributed by atoms with van der Waals surface area (Å²) in [4.78, 5) is 13.1. The minimum atomic E-state index is 0.0923. The molecule has 4 heteroatoms. The van der Waals surface area contributed by atoms with Crippen molar-refractivity contribution in [3.63, 3.8) is 0 Å². The highest BCUT2D eigenvalue weighted by Gasteiger charge is 2.22. The first-order valence-electron chi connectivity index (χ1n) is 4.26. The van der Waals surface area contributed by atoms with E-state index in [9.17, 15) is 4.79 Å². The topological polar surface area (TPSA) is 44.1 Å². The lowest BCUT2D eigenvalue weighted by molar-refractivity contribution is 0.266. The molecule has 70 valence electrons. The van der Waals surface area contributed by atoms with Crippen molar-refractivity contribution in [2.24, 2.45) is 0 Å². The Morgan fingerprint density at radius 1 is 1.36 bits per heavy atom. The lowest BCUT2D eigenvalue weighted by Gasteiger charge is -2.13. The third-order valence-electron chi connectivity index (χ3n) is 2.07. The van der Waals surface area contributed by atoms with Gasteiger partial charge in [0.2, 0.25) is 0 Å². The van der Waals surface area contributed by atoms with Gasteiger partial charge in [0.05, 0.1) is 11.6 Å². The maximum absolute atomic E-state index is 11.4. The largest absolute Gasteiger partial charge is 0.302 e. The number of rotatable bonds is 1. The summed E-state index contributed by atoms with van der Waals surface area (Å²) in [5.41, 5.74) is 1.49. The first-order valence-corrected chi connectivity index (χ1v) is 5.24. The minimum absolute atomic E-state index is 0.0923. The fraction of sp³-hybridized carbons (Fsp3) is 0.200. The Labute approximate surface area is 86.3 Å². The lowest BCUT2D eigenvalue weighted by atomic mass is 10.2. The van der Waals surface area contributed by atoms with Crippen LogP contribution in [0.1, 0.15) is 5.56 Å². The summed E-state index contributed by atoms with van der Waals surface area (Å²) in [5, 5.41) is 8.70. The SMILES string of the molecule is N#Cc1ccc(N2CCSC2=O)cc1. The van der Waals surface area contributed by atoms with Crippen LogP contribution in [-0.2, 0) is 0 Å². The van der Waals surface area contributed by atoms with Crippen LogP contribution in [0.3, 0.4) is 0 Å². The number of nitriles is 1. The van der Waals surface area contributed by atoms with Crippen molar-refractivity contribution >= 4 is 22.7 Å². The maximum Gasteiger partial charge on any atom is 0.286 e. The molecule has 2 rings (SSSR count). The smallest absolute Gasteiger partial charge is 0.286 e. The molecule has 0 aromatic heterocycles. The molecule has 1 aromatic rings. The molecule has 0 atom stereocenters. The first-order chi connectivity index (χ1) is 6.81. The molecule has 0 saturated carbocycles. The number of hydrogen-bond acceptors (Lipinski definition) is 3. The van der Waals surface area contributed by atoms with Gasteiger partial charge in [0.25, 0.3) is 5.24 Å². The van der Waals surface area contributed by atoms with Crippen molar-refractivity contribution in [2.75, 3.05) is 17.2 Å². The van der Waals surface area contributed by atoms with Crippen LogP contribution in [0.2, 0.25) is 0 Å². The molecule has 0 unspecified atom stereocenters. The van der Waals surface area contributed by atoms with Crippen molar-refractivity contribution in [1.29, 1.82) is 5.26 Å². The van der Waals surface area contributed by atoms with E-state index in [2.05, 4.69) is 0 Å². The highest BCUT2D eigenvalue weighted by atomic mass is 32.2. The van der Waals surface area contributed by atoms with Gasteiger partial charge in [-0.2, -0.15) is 5.26 Å². The zero-order chi connectivity index (χ0) is 9.97. The molecule has 1 saturated heterocycles. The van der Waals surface area contributed by atoms with E-state index < -0.39 is 0 Å². The monoisotopic (exact) mass is 204 g/mol. The van der Waals surface area contributed by atoms with E-state index in [-0.39, 0.29) is 5.24 Å². The standard InChI is InChI=1S/C10H8N2OS/c11-7-8-1-3-9(4-2-8)12-5-6-14-10(12)13/h1-4H,5-6H2. The molecule has 0 spiro atoms. The average molecular weight is 204 g/mol. The summed E-state index contributed by atoms with van der Waals surface area (Å²) < 4.78 is 0. The van der Waals surface area contributed by atoms with Gasteiger partial charge in [0.1, 0.15) is 0 Å². The molecule has 0 N–H and O–H groups in total. The van der Waals surface area contributed by atoms with Crippen LogP contribution in [0, 0.1) is 11.3 Å². The van der Waals surface area contributed by atoms with E-state index in [0.29, 0.717) is 5.56 Å². The van der Waals surface area contributed by atoms with Gasteiger partial charge in [-0.3, -0.25) is 4.79 Å². The van der Waals surface area contributed by atoms with E-state index in [1.165, 1.54) is 11.8 Å². The molecule has 1 aliphatic heterocycles. The Morgan fingerprint density at radius 2 is 2.07 bits per heavy atom. The second-order valence-electron chi connectivity index (χ2n) is 2.92. The van der Waals surface area contributed by atoms with Crippen LogP contribution in [-0.4, -0.2) is 17.5 Å². The predicted molar refractivity (Wildman–Crippen MR) is 56.4 cm³/mol. The summed E-state index contributed by atoms with van der Waals surface area (Å²) in [6, 6.07) is 9.12. The molecule has 1 heterocycles. The Bertz CT molecular complexity index is 394. The molecule has 14 heavy (non-hydrogen) atoms. The van der Waals surface area contributed by atoms with E-state index in [0.717, 1.165) is 18.0 Å². The number of hydrogen-bond donors (Lipinski definition) is 0. The predicted octanol–water partition coefficient (Wildman–Crippen LogP) is 2.23. The number of anilines is 1. The molecular formula is C10H8N2OS. The van der Waals surface area contributed by atoms with Crippen LogP contribution in [0.25, 0.3) is 0 Å². The highest BCUT2D eigenvalue weighted by molar-refractivity contribution is 8.14. The summed E-state index contributed by atoms with van der Waals surface area (Å²) in [5.74, 6) is 0.846. The van der Waals surface area contributed by atoms with Gasteiger partial charge in [-0.15, -0.1) is 0 Å². The van der Waals surface area contributed by atoms with Crippen LogP contribution >= 0.6 is 11.8 Å². The molecule has 1 amide bonds. The summed E-state index contributed by atoms with van der Waals surface area (Å²) in [6.07, 6.45) is 0. The Hall–Kier alpha value is -1.47. The van der Waals surface area contributed by atoms with Crippen LogP contribution in [0.4, 0.5) is 10.5 Å². The fourth-order valence-electron chi connectivity index (χ4n) is 1.34. The molecule has 1 fully saturated rings. The minimum Gasteiger partial charge on any atom is -0.302 e. The van der Waals surface area contributed by atoms with Crippen molar-refractivity contribution < 1.29 is 4.79 Å². The van der Waals surface area contributed by atoms with Crippen molar-refractivity contribution in [3.8, 4) is 6.07 Å². The summed E-state index contributed by atoms with van der Waals surface area (Å²) in [7, 11) is 0.